The monoisotopic (exact) mass is 240 g/mol. The summed E-state index contributed by atoms with van der Waals surface area (Å²) in [7, 11) is 4.28. The molecule has 0 spiro atoms. The number of nitrogens with zero attached hydrogens (tertiary/aromatic N) is 1. The Hall–Kier alpha value is -0.120. The first-order valence-electron chi connectivity index (χ1n) is 7.03. The van der Waals surface area contributed by atoms with Gasteiger partial charge in [-0.15, -0.1) is 0 Å². The fraction of sp³-hybridized carbons (Fsp3) is 1.00. The van der Waals surface area contributed by atoms with E-state index in [4.69, 9.17) is 4.74 Å². The van der Waals surface area contributed by atoms with Gasteiger partial charge < -0.3 is 15.0 Å². The van der Waals surface area contributed by atoms with Crippen LogP contribution in [0.25, 0.3) is 0 Å². The molecule has 1 saturated carbocycles. The van der Waals surface area contributed by atoms with Crippen LogP contribution in [-0.2, 0) is 4.74 Å². The normalized spacial score (nSPS) is 34.8. The molecule has 2 aliphatic rings. The van der Waals surface area contributed by atoms with Gasteiger partial charge in [-0.25, -0.2) is 0 Å². The van der Waals surface area contributed by atoms with Crippen molar-refractivity contribution < 1.29 is 4.74 Å². The Labute approximate surface area is 106 Å². The van der Waals surface area contributed by atoms with Gasteiger partial charge in [0.25, 0.3) is 0 Å². The zero-order valence-corrected chi connectivity index (χ0v) is 11.8. The molecule has 2 fully saturated rings. The minimum absolute atomic E-state index is 0.336. The topological polar surface area (TPSA) is 24.5 Å². The standard InChI is InChI=1S/C14H28N2O/c1-14(2)12(11-7-10-17-13(11)14)15-8-5-6-9-16(3)4/h11-13,15H,5-10H2,1-4H3. The lowest BCUT2D eigenvalue weighted by molar-refractivity contribution is -0.112. The van der Waals surface area contributed by atoms with Crippen LogP contribution >= 0.6 is 0 Å². The Morgan fingerprint density at radius 1 is 1.29 bits per heavy atom. The third-order valence-electron chi connectivity index (χ3n) is 4.50. The van der Waals surface area contributed by atoms with E-state index in [1.807, 2.05) is 0 Å². The predicted octanol–water partition coefficient (Wildman–Crippen LogP) is 1.73. The molecule has 3 unspecified atom stereocenters. The van der Waals surface area contributed by atoms with E-state index in [1.165, 1.54) is 25.8 Å². The van der Waals surface area contributed by atoms with Crippen molar-refractivity contribution in [2.45, 2.75) is 45.3 Å². The number of unbranched alkanes of at least 4 members (excludes halogenated alkanes) is 1. The molecule has 1 aliphatic carbocycles. The van der Waals surface area contributed by atoms with Gasteiger partial charge in [0.15, 0.2) is 0 Å². The van der Waals surface area contributed by atoms with Crippen LogP contribution in [0.1, 0.15) is 33.1 Å². The molecule has 1 aliphatic heterocycles. The van der Waals surface area contributed by atoms with Gasteiger partial charge in [-0.05, 0) is 46.4 Å². The fourth-order valence-corrected chi connectivity index (χ4v) is 3.55. The van der Waals surface area contributed by atoms with E-state index in [2.05, 4.69) is 38.2 Å². The van der Waals surface area contributed by atoms with E-state index in [0.29, 0.717) is 17.6 Å². The van der Waals surface area contributed by atoms with Gasteiger partial charge in [-0.3, -0.25) is 0 Å². The lowest BCUT2D eigenvalue weighted by atomic mass is 9.57. The van der Waals surface area contributed by atoms with Crippen molar-refractivity contribution in [1.82, 2.24) is 10.2 Å². The van der Waals surface area contributed by atoms with Crippen LogP contribution in [0.3, 0.4) is 0 Å². The van der Waals surface area contributed by atoms with E-state index in [1.54, 1.807) is 0 Å². The minimum Gasteiger partial charge on any atom is -0.377 e. The van der Waals surface area contributed by atoms with Crippen molar-refractivity contribution in [2.75, 3.05) is 33.8 Å². The largest absolute Gasteiger partial charge is 0.377 e. The van der Waals surface area contributed by atoms with Gasteiger partial charge in [-0.2, -0.15) is 0 Å². The third-order valence-corrected chi connectivity index (χ3v) is 4.50. The van der Waals surface area contributed by atoms with Crippen molar-refractivity contribution in [3.05, 3.63) is 0 Å². The molecule has 0 aromatic heterocycles. The van der Waals surface area contributed by atoms with Crippen molar-refractivity contribution in [1.29, 1.82) is 0 Å². The average molecular weight is 240 g/mol. The molecule has 3 heteroatoms. The van der Waals surface area contributed by atoms with Gasteiger partial charge in [0.2, 0.25) is 0 Å². The second-order valence-corrected chi connectivity index (χ2v) is 6.51. The molecule has 2 rings (SSSR count). The molecule has 0 bridgehead atoms. The number of hydrogen-bond acceptors (Lipinski definition) is 3. The quantitative estimate of drug-likeness (QED) is 0.716. The maximum atomic E-state index is 5.81. The zero-order chi connectivity index (χ0) is 12.5. The van der Waals surface area contributed by atoms with Crippen LogP contribution in [0.4, 0.5) is 0 Å². The highest BCUT2D eigenvalue weighted by molar-refractivity contribution is 5.11. The summed E-state index contributed by atoms with van der Waals surface area (Å²) >= 11 is 0. The molecule has 17 heavy (non-hydrogen) atoms. The summed E-state index contributed by atoms with van der Waals surface area (Å²) < 4.78 is 5.81. The summed E-state index contributed by atoms with van der Waals surface area (Å²) in [6, 6.07) is 0.675. The zero-order valence-electron chi connectivity index (χ0n) is 11.8. The molecule has 1 saturated heterocycles. The molecule has 3 atom stereocenters. The number of hydrogen-bond donors (Lipinski definition) is 1. The minimum atomic E-state index is 0.336. The summed E-state index contributed by atoms with van der Waals surface area (Å²) in [5, 5.41) is 3.76. The SMILES string of the molecule is CN(C)CCCCNC1C2CCOC2C1(C)C. The first-order chi connectivity index (χ1) is 8.03. The Bertz CT molecular complexity index is 253. The second-order valence-electron chi connectivity index (χ2n) is 6.51. The van der Waals surface area contributed by atoms with Crippen molar-refractivity contribution >= 4 is 0 Å². The lowest BCUT2D eigenvalue weighted by Crippen LogP contribution is -2.65. The Balaban J connectivity index is 1.66. The Morgan fingerprint density at radius 3 is 2.76 bits per heavy atom. The van der Waals surface area contributed by atoms with E-state index in [0.717, 1.165) is 19.1 Å². The Morgan fingerprint density at radius 2 is 2.06 bits per heavy atom. The van der Waals surface area contributed by atoms with E-state index < -0.39 is 0 Å². The van der Waals surface area contributed by atoms with Crippen molar-refractivity contribution in [3.63, 3.8) is 0 Å². The molecular formula is C14H28N2O. The average Bonchev–Trinajstić information content (AvgIpc) is 2.69. The predicted molar refractivity (Wildman–Crippen MR) is 71.2 cm³/mol. The molecule has 1 heterocycles. The van der Waals surface area contributed by atoms with Gasteiger partial charge in [-0.1, -0.05) is 13.8 Å². The van der Waals surface area contributed by atoms with Crippen LogP contribution in [0, 0.1) is 11.3 Å². The van der Waals surface area contributed by atoms with Crippen molar-refractivity contribution in [2.24, 2.45) is 11.3 Å². The molecule has 0 amide bonds. The van der Waals surface area contributed by atoms with Crippen LogP contribution in [-0.4, -0.2) is 50.8 Å². The lowest BCUT2D eigenvalue weighted by Gasteiger charge is -2.55. The van der Waals surface area contributed by atoms with E-state index in [-0.39, 0.29) is 0 Å². The first kappa shape index (κ1) is 13.3. The highest BCUT2D eigenvalue weighted by Gasteiger charge is 2.58. The van der Waals surface area contributed by atoms with Crippen molar-refractivity contribution in [3.8, 4) is 0 Å². The molecule has 0 aromatic rings. The number of ether oxygens (including phenoxy) is 1. The summed E-state index contributed by atoms with van der Waals surface area (Å²) in [5.41, 5.74) is 0.336. The summed E-state index contributed by atoms with van der Waals surface area (Å²) in [5.74, 6) is 0.777. The molecule has 3 nitrogen and oxygen atoms in total. The number of rotatable bonds is 6. The first-order valence-corrected chi connectivity index (χ1v) is 7.03. The van der Waals surface area contributed by atoms with Gasteiger partial charge in [0, 0.05) is 24.0 Å². The third kappa shape index (κ3) is 2.67. The summed E-state index contributed by atoms with van der Waals surface area (Å²) in [4.78, 5) is 2.26. The number of nitrogens with one attached hydrogen (secondary N) is 1. The van der Waals surface area contributed by atoms with Crippen LogP contribution < -0.4 is 5.32 Å². The maximum absolute atomic E-state index is 5.81. The van der Waals surface area contributed by atoms with Crippen LogP contribution in [0.5, 0.6) is 0 Å². The Kier molecular flexibility index (Phi) is 4.11. The van der Waals surface area contributed by atoms with Gasteiger partial charge in [0.1, 0.15) is 0 Å². The van der Waals surface area contributed by atoms with Crippen LogP contribution in [0.15, 0.2) is 0 Å². The highest BCUT2D eigenvalue weighted by Crippen LogP contribution is 2.51. The summed E-state index contributed by atoms with van der Waals surface area (Å²) in [6.45, 7) is 8.02. The summed E-state index contributed by atoms with van der Waals surface area (Å²) in [6.07, 6.45) is 4.34. The molecular weight excluding hydrogens is 212 g/mol. The molecule has 1 N–H and O–H groups in total. The maximum Gasteiger partial charge on any atom is 0.0685 e. The van der Waals surface area contributed by atoms with E-state index in [9.17, 15) is 0 Å². The number of fused-ring (bicyclic) bond motifs is 1. The van der Waals surface area contributed by atoms with Gasteiger partial charge in [0.05, 0.1) is 6.10 Å². The van der Waals surface area contributed by atoms with Gasteiger partial charge >= 0.3 is 0 Å². The smallest absolute Gasteiger partial charge is 0.0685 e. The molecule has 0 radical (unpaired) electrons. The molecule has 0 aromatic carbocycles. The van der Waals surface area contributed by atoms with E-state index >= 15 is 0 Å². The highest BCUT2D eigenvalue weighted by atomic mass is 16.5. The molecule has 100 valence electrons. The second kappa shape index (κ2) is 5.25. The fourth-order valence-electron chi connectivity index (χ4n) is 3.55. The van der Waals surface area contributed by atoms with Crippen LogP contribution in [0.2, 0.25) is 0 Å².